The fourth-order valence-corrected chi connectivity index (χ4v) is 3.04. The SMILES string of the molecule is Cc1cc(NC=C2C(=O)Nc3cc(F)ccc32)ccc1NCCCN(C)C. The highest BCUT2D eigenvalue weighted by Gasteiger charge is 2.24. The molecular formula is C21H25FN4O. The summed E-state index contributed by atoms with van der Waals surface area (Å²) in [5.41, 5.74) is 4.81. The predicted molar refractivity (Wildman–Crippen MR) is 109 cm³/mol. The number of carbonyl (C=O) groups is 1. The van der Waals surface area contributed by atoms with Crippen molar-refractivity contribution in [2.45, 2.75) is 13.3 Å². The van der Waals surface area contributed by atoms with Crippen LogP contribution in [0, 0.1) is 12.7 Å². The van der Waals surface area contributed by atoms with Gasteiger partial charge in [-0.3, -0.25) is 4.79 Å². The molecule has 5 nitrogen and oxygen atoms in total. The second kappa shape index (κ2) is 8.22. The molecule has 6 heteroatoms. The number of nitrogens with one attached hydrogen (secondary N) is 3. The van der Waals surface area contributed by atoms with E-state index in [1.54, 1.807) is 12.3 Å². The number of aryl methyl sites for hydroxylation is 1. The first kappa shape index (κ1) is 18.9. The Morgan fingerprint density at radius 3 is 2.74 bits per heavy atom. The summed E-state index contributed by atoms with van der Waals surface area (Å²) >= 11 is 0. The summed E-state index contributed by atoms with van der Waals surface area (Å²) in [6.45, 7) is 4.02. The van der Waals surface area contributed by atoms with E-state index in [1.165, 1.54) is 12.1 Å². The van der Waals surface area contributed by atoms with Gasteiger partial charge in [0.1, 0.15) is 5.82 Å². The van der Waals surface area contributed by atoms with Crippen molar-refractivity contribution in [1.29, 1.82) is 0 Å². The average Bonchev–Trinajstić information content (AvgIpc) is 2.92. The van der Waals surface area contributed by atoms with Gasteiger partial charge in [0.2, 0.25) is 0 Å². The first-order valence-corrected chi connectivity index (χ1v) is 9.01. The third-order valence-corrected chi connectivity index (χ3v) is 4.47. The van der Waals surface area contributed by atoms with Crippen LogP contribution in [0.1, 0.15) is 17.5 Å². The van der Waals surface area contributed by atoms with Crippen molar-refractivity contribution in [2.24, 2.45) is 0 Å². The van der Waals surface area contributed by atoms with Crippen molar-refractivity contribution in [3.05, 3.63) is 59.5 Å². The number of halogens is 1. The maximum Gasteiger partial charge on any atom is 0.257 e. The molecule has 0 unspecified atom stereocenters. The summed E-state index contributed by atoms with van der Waals surface area (Å²) in [5, 5.41) is 9.30. The second-order valence-corrected chi connectivity index (χ2v) is 6.96. The summed E-state index contributed by atoms with van der Waals surface area (Å²) in [7, 11) is 4.14. The summed E-state index contributed by atoms with van der Waals surface area (Å²) in [6, 6.07) is 10.3. The number of carbonyl (C=O) groups excluding carboxylic acids is 1. The third kappa shape index (κ3) is 4.65. The Bertz CT molecular complexity index is 876. The average molecular weight is 368 g/mol. The van der Waals surface area contributed by atoms with Gasteiger partial charge in [0.25, 0.3) is 5.91 Å². The number of benzene rings is 2. The van der Waals surface area contributed by atoms with Crippen molar-refractivity contribution < 1.29 is 9.18 Å². The summed E-state index contributed by atoms with van der Waals surface area (Å²) in [4.78, 5) is 14.3. The van der Waals surface area contributed by atoms with E-state index in [1.807, 2.05) is 25.1 Å². The standard InChI is InChI=1S/C21H25FN4O/c1-14-11-16(6-8-19(14)23-9-4-10-26(2)3)24-13-18-17-7-5-15(22)12-20(17)25-21(18)27/h5-8,11-13,23-24H,4,9-10H2,1-3H3,(H,25,27). The van der Waals surface area contributed by atoms with Gasteiger partial charge in [-0.15, -0.1) is 0 Å². The van der Waals surface area contributed by atoms with E-state index in [4.69, 9.17) is 0 Å². The van der Waals surface area contributed by atoms with Crippen LogP contribution < -0.4 is 16.0 Å². The number of hydrogen-bond acceptors (Lipinski definition) is 4. The Balaban J connectivity index is 1.66. The smallest absolute Gasteiger partial charge is 0.257 e. The summed E-state index contributed by atoms with van der Waals surface area (Å²) in [6.07, 6.45) is 2.74. The number of nitrogens with zero attached hydrogens (tertiary/aromatic N) is 1. The van der Waals surface area contributed by atoms with Gasteiger partial charge in [0, 0.05) is 29.7 Å². The Morgan fingerprint density at radius 1 is 1.19 bits per heavy atom. The third-order valence-electron chi connectivity index (χ3n) is 4.47. The fourth-order valence-electron chi connectivity index (χ4n) is 3.04. The lowest BCUT2D eigenvalue weighted by Crippen LogP contribution is -2.16. The molecule has 142 valence electrons. The minimum atomic E-state index is -0.368. The van der Waals surface area contributed by atoms with Crippen LogP contribution in [0.25, 0.3) is 5.57 Å². The molecule has 0 fully saturated rings. The molecule has 1 amide bonds. The minimum absolute atomic E-state index is 0.237. The van der Waals surface area contributed by atoms with Crippen molar-refractivity contribution in [3.63, 3.8) is 0 Å². The van der Waals surface area contributed by atoms with Gasteiger partial charge in [-0.2, -0.15) is 0 Å². The van der Waals surface area contributed by atoms with Gasteiger partial charge in [-0.1, -0.05) is 0 Å². The van der Waals surface area contributed by atoms with Crippen LogP contribution >= 0.6 is 0 Å². The normalized spacial score (nSPS) is 14.4. The first-order valence-electron chi connectivity index (χ1n) is 9.01. The molecule has 0 radical (unpaired) electrons. The van der Waals surface area contributed by atoms with E-state index in [0.717, 1.165) is 36.4 Å². The molecular weight excluding hydrogens is 343 g/mol. The van der Waals surface area contributed by atoms with Gasteiger partial charge >= 0.3 is 0 Å². The molecule has 1 aliphatic rings. The zero-order valence-electron chi connectivity index (χ0n) is 15.9. The largest absolute Gasteiger partial charge is 0.385 e. The number of hydrogen-bond donors (Lipinski definition) is 3. The van der Waals surface area contributed by atoms with Crippen LogP contribution in [0.5, 0.6) is 0 Å². The highest BCUT2D eigenvalue weighted by Crippen LogP contribution is 2.32. The van der Waals surface area contributed by atoms with Crippen LogP contribution in [0.4, 0.5) is 21.5 Å². The number of fused-ring (bicyclic) bond motifs is 1. The van der Waals surface area contributed by atoms with Crippen molar-refractivity contribution in [2.75, 3.05) is 43.1 Å². The molecule has 1 heterocycles. The van der Waals surface area contributed by atoms with Crippen molar-refractivity contribution >= 4 is 28.5 Å². The lowest BCUT2D eigenvalue weighted by atomic mass is 10.1. The first-order chi connectivity index (χ1) is 12.9. The van der Waals surface area contributed by atoms with E-state index in [9.17, 15) is 9.18 Å². The van der Waals surface area contributed by atoms with Gasteiger partial charge < -0.3 is 20.9 Å². The number of amides is 1. The molecule has 0 aromatic heterocycles. The van der Waals surface area contributed by atoms with E-state index in [0.29, 0.717) is 16.8 Å². The van der Waals surface area contributed by atoms with E-state index in [2.05, 4.69) is 34.9 Å². The highest BCUT2D eigenvalue weighted by atomic mass is 19.1. The monoisotopic (exact) mass is 368 g/mol. The molecule has 0 bridgehead atoms. The lowest BCUT2D eigenvalue weighted by Gasteiger charge is -2.13. The molecule has 27 heavy (non-hydrogen) atoms. The molecule has 0 saturated heterocycles. The summed E-state index contributed by atoms with van der Waals surface area (Å²) < 4.78 is 13.3. The minimum Gasteiger partial charge on any atom is -0.385 e. The second-order valence-electron chi connectivity index (χ2n) is 6.96. The van der Waals surface area contributed by atoms with Crippen LogP contribution in [0.2, 0.25) is 0 Å². The topological polar surface area (TPSA) is 56.4 Å². The van der Waals surface area contributed by atoms with Crippen LogP contribution in [-0.2, 0) is 4.79 Å². The quantitative estimate of drug-likeness (QED) is 0.512. The van der Waals surface area contributed by atoms with Crippen molar-refractivity contribution in [1.82, 2.24) is 4.90 Å². The zero-order chi connectivity index (χ0) is 19.4. The van der Waals surface area contributed by atoms with E-state index >= 15 is 0 Å². The molecule has 0 saturated carbocycles. The maximum atomic E-state index is 13.3. The molecule has 0 spiro atoms. The van der Waals surface area contributed by atoms with E-state index < -0.39 is 0 Å². The van der Waals surface area contributed by atoms with Crippen molar-refractivity contribution in [3.8, 4) is 0 Å². The Kier molecular flexibility index (Phi) is 5.76. The van der Waals surface area contributed by atoms with Gasteiger partial charge in [-0.25, -0.2) is 4.39 Å². The zero-order valence-corrected chi connectivity index (χ0v) is 15.9. The molecule has 3 N–H and O–H groups in total. The highest BCUT2D eigenvalue weighted by molar-refractivity contribution is 6.31. The predicted octanol–water partition coefficient (Wildman–Crippen LogP) is 3.90. The van der Waals surface area contributed by atoms with Gasteiger partial charge in [0.05, 0.1) is 11.3 Å². The molecule has 1 aliphatic heterocycles. The fraction of sp³-hybridized carbons (Fsp3) is 0.286. The number of anilines is 3. The van der Waals surface area contributed by atoms with Gasteiger partial charge in [0.15, 0.2) is 0 Å². The Hall–Kier alpha value is -2.86. The van der Waals surface area contributed by atoms with Crippen LogP contribution in [0.15, 0.2) is 42.6 Å². The Morgan fingerprint density at radius 2 is 2.00 bits per heavy atom. The summed E-state index contributed by atoms with van der Waals surface area (Å²) in [5.74, 6) is -0.605. The lowest BCUT2D eigenvalue weighted by molar-refractivity contribution is -0.110. The Labute approximate surface area is 159 Å². The number of rotatable bonds is 7. The molecule has 3 rings (SSSR count). The molecule has 0 aliphatic carbocycles. The van der Waals surface area contributed by atoms with Gasteiger partial charge in [-0.05, 0) is 75.9 Å². The maximum absolute atomic E-state index is 13.3. The van der Waals surface area contributed by atoms with E-state index in [-0.39, 0.29) is 11.7 Å². The van der Waals surface area contributed by atoms with Crippen LogP contribution in [-0.4, -0.2) is 38.0 Å². The van der Waals surface area contributed by atoms with Crippen LogP contribution in [0.3, 0.4) is 0 Å². The molecule has 0 atom stereocenters. The molecule has 2 aromatic rings. The molecule has 2 aromatic carbocycles.